The fourth-order valence-electron chi connectivity index (χ4n) is 2.93. The second-order valence-electron chi connectivity index (χ2n) is 5.63. The fourth-order valence-corrected chi connectivity index (χ4v) is 2.93. The molecule has 3 rings (SSSR count). The monoisotopic (exact) mass is 341 g/mol. The van der Waals surface area contributed by atoms with Crippen molar-refractivity contribution in [1.29, 1.82) is 0 Å². The molecule has 2 aromatic carbocycles. The molecule has 0 unspecified atom stereocenters. The molecule has 0 fully saturated rings. The number of aliphatic hydroxyl groups excluding tert-OH is 1. The molecule has 0 aromatic heterocycles. The summed E-state index contributed by atoms with van der Waals surface area (Å²) in [5.74, 6) is -1.40. The van der Waals surface area contributed by atoms with Crippen molar-refractivity contribution in [3.63, 3.8) is 0 Å². The van der Waals surface area contributed by atoms with Crippen LogP contribution in [0.5, 0.6) is 5.75 Å². The van der Waals surface area contributed by atoms with Gasteiger partial charge in [0.05, 0.1) is 12.1 Å². The minimum atomic E-state index is -4.90. The molecule has 0 saturated heterocycles. The molecule has 2 N–H and O–H groups in total. The van der Waals surface area contributed by atoms with Gasteiger partial charge in [-0.15, -0.1) is 13.2 Å². The summed E-state index contributed by atoms with van der Waals surface area (Å²) in [6, 6.07) is 10.1. The number of nitrogens with one attached hydrogen (secondary N) is 1. The van der Waals surface area contributed by atoms with Gasteiger partial charge >= 0.3 is 6.36 Å². The Morgan fingerprint density at radius 1 is 1.17 bits per heavy atom. The van der Waals surface area contributed by atoms with Crippen molar-refractivity contribution >= 4 is 0 Å². The van der Waals surface area contributed by atoms with Crippen molar-refractivity contribution in [2.75, 3.05) is 0 Å². The highest BCUT2D eigenvalue weighted by molar-refractivity contribution is 5.38. The predicted molar refractivity (Wildman–Crippen MR) is 78.8 cm³/mol. The molecule has 128 valence electrons. The van der Waals surface area contributed by atoms with Crippen LogP contribution in [0.3, 0.4) is 0 Å². The third-order valence-corrected chi connectivity index (χ3v) is 3.97. The first-order chi connectivity index (χ1) is 11.3. The Labute approximate surface area is 135 Å². The smallest absolute Gasteiger partial charge is 0.405 e. The first-order valence-corrected chi connectivity index (χ1v) is 7.37. The lowest BCUT2D eigenvalue weighted by Gasteiger charge is -2.19. The Bertz CT molecular complexity index is 733. The van der Waals surface area contributed by atoms with Gasteiger partial charge in [-0.25, -0.2) is 4.39 Å². The quantitative estimate of drug-likeness (QED) is 0.837. The second kappa shape index (κ2) is 6.41. The highest BCUT2D eigenvalue weighted by atomic mass is 19.4. The van der Waals surface area contributed by atoms with Crippen LogP contribution in [0.1, 0.15) is 22.7 Å². The lowest BCUT2D eigenvalue weighted by molar-refractivity contribution is -0.275. The number of ether oxygens (including phenoxy) is 1. The number of hydrogen-bond donors (Lipinski definition) is 2. The van der Waals surface area contributed by atoms with Gasteiger partial charge in [-0.3, -0.25) is 0 Å². The van der Waals surface area contributed by atoms with Crippen LogP contribution in [0.15, 0.2) is 42.5 Å². The highest BCUT2D eigenvalue weighted by Crippen LogP contribution is 2.33. The van der Waals surface area contributed by atoms with Crippen LogP contribution in [0, 0.1) is 5.82 Å². The summed E-state index contributed by atoms with van der Waals surface area (Å²) in [7, 11) is 0. The first kappa shape index (κ1) is 16.7. The van der Waals surface area contributed by atoms with E-state index in [1.54, 1.807) is 0 Å². The van der Waals surface area contributed by atoms with E-state index in [0.29, 0.717) is 12.5 Å². The Morgan fingerprint density at radius 3 is 2.67 bits per heavy atom. The SMILES string of the molecule is O[C@H]1Cc2ccccc2[C@H]1NCc1ccc(F)cc1OC(F)(F)F. The maximum Gasteiger partial charge on any atom is 0.573 e. The molecule has 3 nitrogen and oxygen atoms in total. The molecule has 24 heavy (non-hydrogen) atoms. The van der Waals surface area contributed by atoms with Gasteiger partial charge in [0.15, 0.2) is 0 Å². The summed E-state index contributed by atoms with van der Waals surface area (Å²) in [6.07, 6.45) is -5.10. The van der Waals surface area contributed by atoms with Crippen LogP contribution in [0.25, 0.3) is 0 Å². The Morgan fingerprint density at radius 2 is 1.92 bits per heavy atom. The Kier molecular flexibility index (Phi) is 4.47. The lowest BCUT2D eigenvalue weighted by atomic mass is 10.1. The summed E-state index contributed by atoms with van der Waals surface area (Å²) in [4.78, 5) is 0. The van der Waals surface area contributed by atoms with Gasteiger partial charge in [-0.1, -0.05) is 30.3 Å². The number of rotatable bonds is 4. The standard InChI is InChI=1S/C17H15F4NO2/c18-12-6-5-11(15(8-12)24-17(19,20)21)9-22-16-13-4-2-1-3-10(13)7-14(16)23/h1-6,8,14,16,22-23H,7,9H2/t14-,16+/m0/s1. The number of hydrogen-bond acceptors (Lipinski definition) is 3. The molecule has 7 heteroatoms. The summed E-state index contributed by atoms with van der Waals surface area (Å²) >= 11 is 0. The molecule has 2 atom stereocenters. The fraction of sp³-hybridized carbons (Fsp3) is 0.294. The Hall–Kier alpha value is -2.12. The van der Waals surface area contributed by atoms with Crippen LogP contribution >= 0.6 is 0 Å². The molecular weight excluding hydrogens is 326 g/mol. The third-order valence-electron chi connectivity index (χ3n) is 3.97. The summed E-state index contributed by atoms with van der Waals surface area (Å²) in [5.41, 5.74) is 2.06. The van der Waals surface area contributed by atoms with E-state index in [0.717, 1.165) is 17.2 Å². The van der Waals surface area contributed by atoms with Gasteiger partial charge in [0.1, 0.15) is 11.6 Å². The normalized spacial score (nSPS) is 20.0. The molecule has 0 amide bonds. The van der Waals surface area contributed by atoms with E-state index in [-0.39, 0.29) is 12.1 Å². The van der Waals surface area contributed by atoms with Gasteiger partial charge < -0.3 is 15.2 Å². The van der Waals surface area contributed by atoms with Crippen molar-refractivity contribution in [2.45, 2.75) is 31.5 Å². The van der Waals surface area contributed by atoms with Gasteiger partial charge in [0.2, 0.25) is 0 Å². The van der Waals surface area contributed by atoms with E-state index < -0.39 is 30.1 Å². The number of halogens is 4. The summed E-state index contributed by atoms with van der Waals surface area (Å²) in [6.45, 7) is 0.00174. The molecule has 0 saturated carbocycles. The van der Waals surface area contributed by atoms with Crippen LogP contribution < -0.4 is 10.1 Å². The molecule has 1 aliphatic rings. The number of aliphatic hydroxyl groups is 1. The van der Waals surface area contributed by atoms with Crippen molar-refractivity contribution in [2.24, 2.45) is 0 Å². The van der Waals surface area contributed by atoms with Gasteiger partial charge in [-0.05, 0) is 17.2 Å². The van der Waals surface area contributed by atoms with Crippen LogP contribution in [-0.2, 0) is 13.0 Å². The second-order valence-corrected chi connectivity index (χ2v) is 5.63. The lowest BCUT2D eigenvalue weighted by Crippen LogP contribution is -2.29. The maximum absolute atomic E-state index is 13.2. The molecule has 1 aliphatic carbocycles. The van der Waals surface area contributed by atoms with Gasteiger partial charge in [0.25, 0.3) is 0 Å². The van der Waals surface area contributed by atoms with Gasteiger partial charge in [0, 0.05) is 24.6 Å². The van der Waals surface area contributed by atoms with Crippen molar-refractivity contribution in [3.05, 3.63) is 65.0 Å². The predicted octanol–water partition coefficient (Wildman–Crippen LogP) is 3.47. The van der Waals surface area contributed by atoms with E-state index in [2.05, 4.69) is 10.1 Å². The molecule has 0 heterocycles. The van der Waals surface area contributed by atoms with Crippen molar-refractivity contribution < 1.29 is 27.4 Å². The van der Waals surface area contributed by atoms with Crippen LogP contribution in [-0.4, -0.2) is 17.6 Å². The van der Waals surface area contributed by atoms with Crippen LogP contribution in [0.4, 0.5) is 17.6 Å². The van der Waals surface area contributed by atoms with Crippen molar-refractivity contribution in [3.8, 4) is 5.75 Å². The zero-order chi connectivity index (χ0) is 17.3. The zero-order valence-electron chi connectivity index (χ0n) is 12.5. The van der Waals surface area contributed by atoms with E-state index in [1.807, 2.05) is 24.3 Å². The van der Waals surface area contributed by atoms with E-state index in [9.17, 15) is 22.7 Å². The van der Waals surface area contributed by atoms with E-state index >= 15 is 0 Å². The maximum atomic E-state index is 13.2. The molecular formula is C17H15F4NO2. The third kappa shape index (κ3) is 3.68. The topological polar surface area (TPSA) is 41.5 Å². The number of alkyl halides is 3. The Balaban J connectivity index is 1.78. The first-order valence-electron chi connectivity index (χ1n) is 7.37. The zero-order valence-corrected chi connectivity index (χ0v) is 12.5. The van der Waals surface area contributed by atoms with Crippen molar-refractivity contribution in [1.82, 2.24) is 5.32 Å². The van der Waals surface area contributed by atoms with Gasteiger partial charge in [-0.2, -0.15) is 0 Å². The van der Waals surface area contributed by atoms with E-state index in [1.165, 1.54) is 6.07 Å². The minimum absolute atomic E-state index is 0.00174. The summed E-state index contributed by atoms with van der Waals surface area (Å²) in [5, 5.41) is 13.2. The molecule has 0 aliphatic heterocycles. The van der Waals surface area contributed by atoms with Crippen LogP contribution in [0.2, 0.25) is 0 Å². The average molecular weight is 341 g/mol. The molecule has 0 bridgehead atoms. The highest BCUT2D eigenvalue weighted by Gasteiger charge is 2.33. The molecule has 0 spiro atoms. The summed E-state index contributed by atoms with van der Waals surface area (Å²) < 4.78 is 54.4. The van der Waals surface area contributed by atoms with E-state index in [4.69, 9.17) is 0 Å². The number of fused-ring (bicyclic) bond motifs is 1. The average Bonchev–Trinajstić information content (AvgIpc) is 2.80. The molecule has 2 aromatic rings. The molecule has 0 radical (unpaired) electrons. The number of benzene rings is 2. The largest absolute Gasteiger partial charge is 0.573 e. The minimum Gasteiger partial charge on any atom is -0.405 e.